The highest BCUT2D eigenvalue weighted by Gasteiger charge is 2.30. The molecule has 0 heterocycles. The Morgan fingerprint density at radius 2 is 1.32 bits per heavy atom. The van der Waals surface area contributed by atoms with E-state index in [9.17, 15) is 0 Å². The molecule has 1 nitrogen and oxygen atoms in total. The van der Waals surface area contributed by atoms with E-state index in [0.717, 1.165) is 11.3 Å². The Kier molecular flexibility index (Phi) is 8.27. The first-order valence-corrected chi connectivity index (χ1v) is 11.1. The predicted molar refractivity (Wildman–Crippen MR) is 93.0 cm³/mol. The van der Waals surface area contributed by atoms with Crippen LogP contribution in [0, 0.1) is 0 Å². The van der Waals surface area contributed by atoms with Crippen molar-refractivity contribution in [3.05, 3.63) is 0 Å². The summed E-state index contributed by atoms with van der Waals surface area (Å²) in [4.78, 5) is 0. The Bertz CT molecular complexity index is 205. The van der Waals surface area contributed by atoms with Gasteiger partial charge in [-0.3, -0.25) is 0 Å². The van der Waals surface area contributed by atoms with Crippen LogP contribution in [0.1, 0.15) is 64.2 Å². The van der Waals surface area contributed by atoms with Crippen molar-refractivity contribution in [2.75, 3.05) is 25.4 Å². The van der Waals surface area contributed by atoms with E-state index < -0.39 is 0 Å². The molecule has 0 aliphatic heterocycles. The summed E-state index contributed by atoms with van der Waals surface area (Å²) in [6.07, 6.45) is 18.1. The normalized spacial score (nSPS) is 23.1. The summed E-state index contributed by atoms with van der Waals surface area (Å²) in [5, 5.41) is 3.64. The van der Waals surface area contributed by atoms with Gasteiger partial charge in [-0.2, -0.15) is 0 Å². The summed E-state index contributed by atoms with van der Waals surface area (Å²) < 4.78 is 0. The first-order chi connectivity index (χ1) is 9.42. The average molecular weight is 301 g/mol. The molecule has 2 saturated carbocycles. The molecule has 0 radical (unpaired) electrons. The minimum absolute atomic E-state index is 0.317. The topological polar surface area (TPSA) is 12.0 Å². The van der Waals surface area contributed by atoms with Crippen LogP contribution >= 0.6 is 17.2 Å². The van der Waals surface area contributed by atoms with Gasteiger partial charge in [-0.15, -0.1) is 9.24 Å². The zero-order chi connectivity index (χ0) is 13.3. The number of hydrogen-bond donors (Lipinski definition) is 1. The van der Waals surface area contributed by atoms with Crippen LogP contribution in [0.4, 0.5) is 0 Å². The summed E-state index contributed by atoms with van der Waals surface area (Å²) >= 11 is 0. The highest BCUT2D eigenvalue weighted by atomic mass is 31.1. The van der Waals surface area contributed by atoms with Gasteiger partial charge in [-0.1, -0.05) is 46.4 Å². The van der Waals surface area contributed by atoms with Crippen molar-refractivity contribution < 1.29 is 0 Å². The van der Waals surface area contributed by atoms with Gasteiger partial charge in [-0.05, 0) is 62.4 Å². The molecule has 3 heteroatoms. The number of hydrogen-bond acceptors (Lipinski definition) is 1. The molecule has 2 aliphatic rings. The van der Waals surface area contributed by atoms with Crippen molar-refractivity contribution in [1.29, 1.82) is 0 Å². The zero-order valence-electron chi connectivity index (χ0n) is 12.6. The van der Waals surface area contributed by atoms with E-state index in [0.29, 0.717) is 7.92 Å². The van der Waals surface area contributed by atoms with E-state index in [4.69, 9.17) is 0 Å². The minimum atomic E-state index is 0.317. The third-order valence-electron chi connectivity index (χ3n) is 4.96. The molecule has 112 valence electrons. The van der Waals surface area contributed by atoms with Crippen LogP contribution in [0.15, 0.2) is 0 Å². The molecule has 1 N–H and O–H groups in total. The van der Waals surface area contributed by atoms with Gasteiger partial charge in [0.1, 0.15) is 0 Å². The molecule has 1 unspecified atom stereocenters. The van der Waals surface area contributed by atoms with Gasteiger partial charge in [0.25, 0.3) is 0 Å². The van der Waals surface area contributed by atoms with Gasteiger partial charge in [0, 0.05) is 0 Å². The molecule has 2 rings (SSSR count). The van der Waals surface area contributed by atoms with E-state index in [-0.39, 0.29) is 0 Å². The Balaban J connectivity index is 1.83. The molecule has 19 heavy (non-hydrogen) atoms. The third kappa shape index (κ3) is 5.61. The Labute approximate surface area is 124 Å². The van der Waals surface area contributed by atoms with Gasteiger partial charge in [0.15, 0.2) is 0 Å². The van der Waals surface area contributed by atoms with E-state index in [1.165, 1.54) is 63.9 Å². The van der Waals surface area contributed by atoms with Crippen molar-refractivity contribution in [2.24, 2.45) is 0 Å². The molecule has 0 spiro atoms. The highest BCUT2D eigenvalue weighted by Crippen LogP contribution is 2.55. The number of nitrogens with one attached hydrogen (secondary N) is 1. The fourth-order valence-electron chi connectivity index (χ4n) is 3.92. The lowest BCUT2D eigenvalue weighted by atomic mass is 9.99. The maximum absolute atomic E-state index is 3.64. The van der Waals surface area contributed by atoms with Gasteiger partial charge in [0.2, 0.25) is 0 Å². The molecule has 0 aromatic carbocycles. The Morgan fingerprint density at radius 3 is 1.79 bits per heavy atom. The second-order valence-corrected chi connectivity index (χ2v) is 9.87. The van der Waals surface area contributed by atoms with Crippen molar-refractivity contribution in [2.45, 2.75) is 75.5 Å². The Morgan fingerprint density at radius 1 is 0.789 bits per heavy atom. The summed E-state index contributed by atoms with van der Waals surface area (Å²) in [6.45, 7) is 2.47. The molecule has 0 bridgehead atoms. The SMILES string of the molecule is PCCNCCP(C1CCCCC1)C1CCCCC1. The molecular weight excluding hydrogens is 268 g/mol. The van der Waals surface area contributed by atoms with E-state index in [1.54, 1.807) is 25.7 Å². The van der Waals surface area contributed by atoms with Crippen LogP contribution in [-0.2, 0) is 0 Å². The van der Waals surface area contributed by atoms with Crippen LogP contribution in [-0.4, -0.2) is 36.7 Å². The first kappa shape index (κ1) is 16.2. The van der Waals surface area contributed by atoms with Crippen LogP contribution in [0.5, 0.6) is 0 Å². The summed E-state index contributed by atoms with van der Waals surface area (Å²) in [7, 11) is 3.14. The monoisotopic (exact) mass is 301 g/mol. The summed E-state index contributed by atoms with van der Waals surface area (Å²) in [5.74, 6) is 0. The lowest BCUT2D eigenvalue weighted by Gasteiger charge is -2.38. The van der Waals surface area contributed by atoms with Crippen LogP contribution in [0.3, 0.4) is 0 Å². The second-order valence-electron chi connectivity index (χ2n) is 6.36. The Hall–Kier alpha value is 0.820. The highest BCUT2D eigenvalue weighted by molar-refractivity contribution is 7.59. The van der Waals surface area contributed by atoms with E-state index in [1.807, 2.05) is 0 Å². The first-order valence-electron chi connectivity index (χ1n) is 8.58. The smallest absolute Gasteiger partial charge is 0.000917 e. The molecule has 1 atom stereocenters. The van der Waals surface area contributed by atoms with Crippen LogP contribution in [0.25, 0.3) is 0 Å². The molecular formula is C16H33NP2. The van der Waals surface area contributed by atoms with Crippen molar-refractivity contribution in [3.63, 3.8) is 0 Å². The van der Waals surface area contributed by atoms with Crippen LogP contribution < -0.4 is 5.32 Å². The largest absolute Gasteiger partial charge is 0.316 e. The quantitative estimate of drug-likeness (QED) is 0.535. The zero-order valence-corrected chi connectivity index (χ0v) is 14.6. The predicted octanol–water partition coefficient (Wildman–Crippen LogP) is 4.60. The molecule has 0 amide bonds. The van der Waals surface area contributed by atoms with Gasteiger partial charge >= 0.3 is 0 Å². The fraction of sp³-hybridized carbons (Fsp3) is 1.00. The van der Waals surface area contributed by atoms with Gasteiger partial charge in [0.05, 0.1) is 0 Å². The number of rotatable bonds is 7. The molecule has 2 fully saturated rings. The molecule has 0 aromatic rings. The van der Waals surface area contributed by atoms with Crippen molar-refractivity contribution in [1.82, 2.24) is 5.32 Å². The lowest BCUT2D eigenvalue weighted by Crippen LogP contribution is -2.27. The average Bonchev–Trinajstić information content (AvgIpc) is 2.49. The van der Waals surface area contributed by atoms with Gasteiger partial charge in [-0.25, -0.2) is 0 Å². The lowest BCUT2D eigenvalue weighted by molar-refractivity contribution is 0.483. The molecule has 0 saturated heterocycles. The fourth-order valence-corrected chi connectivity index (χ4v) is 7.93. The second kappa shape index (κ2) is 9.70. The maximum Gasteiger partial charge on any atom is -0.000917 e. The van der Waals surface area contributed by atoms with Crippen molar-refractivity contribution >= 4 is 17.2 Å². The van der Waals surface area contributed by atoms with Gasteiger partial charge < -0.3 is 5.32 Å². The molecule has 2 aliphatic carbocycles. The van der Waals surface area contributed by atoms with E-state index >= 15 is 0 Å². The summed E-state index contributed by atoms with van der Waals surface area (Å²) in [6, 6.07) is 0. The maximum atomic E-state index is 3.64. The third-order valence-corrected chi connectivity index (χ3v) is 8.89. The van der Waals surface area contributed by atoms with E-state index in [2.05, 4.69) is 14.6 Å². The summed E-state index contributed by atoms with van der Waals surface area (Å²) in [5.41, 5.74) is 2.26. The van der Waals surface area contributed by atoms with Crippen LogP contribution in [0.2, 0.25) is 0 Å². The molecule has 0 aromatic heterocycles. The standard InChI is InChI=1S/C16H33NP2/c18-13-11-17-12-14-19(15-7-3-1-4-8-15)16-9-5-2-6-10-16/h15-17H,1-14,18H2. The minimum Gasteiger partial charge on any atom is -0.316 e. The van der Waals surface area contributed by atoms with Crippen molar-refractivity contribution in [3.8, 4) is 0 Å².